The smallest absolute Gasteiger partial charge is 0.276 e. The number of nitrogens with zero attached hydrogens (tertiary/aromatic N) is 3. The van der Waals surface area contributed by atoms with Crippen LogP contribution >= 0.6 is 0 Å². The number of piperidine rings is 1. The van der Waals surface area contributed by atoms with E-state index in [9.17, 15) is 9.90 Å². The van der Waals surface area contributed by atoms with E-state index in [0.717, 1.165) is 43.5 Å². The van der Waals surface area contributed by atoms with Gasteiger partial charge in [-0.25, -0.2) is 0 Å². The molecule has 6 heteroatoms. The first-order chi connectivity index (χ1) is 12.6. The van der Waals surface area contributed by atoms with Crippen molar-refractivity contribution in [2.75, 3.05) is 19.6 Å². The number of rotatable bonds is 3. The molecule has 0 radical (unpaired) electrons. The number of hydrogen-bond acceptors (Lipinski definition) is 5. The van der Waals surface area contributed by atoms with Crippen LogP contribution in [0.5, 0.6) is 0 Å². The fraction of sp³-hybridized carbons (Fsp3) is 0.800. The molecule has 1 aromatic heterocycles. The Morgan fingerprint density at radius 1 is 1.15 bits per heavy atom. The van der Waals surface area contributed by atoms with Crippen LogP contribution in [0.4, 0.5) is 0 Å². The monoisotopic (exact) mass is 359 g/mol. The van der Waals surface area contributed by atoms with Gasteiger partial charge < -0.3 is 14.5 Å². The van der Waals surface area contributed by atoms with E-state index in [1.54, 1.807) is 0 Å². The predicted molar refractivity (Wildman–Crippen MR) is 95.4 cm³/mol. The Hall–Kier alpha value is -1.40. The zero-order valence-corrected chi connectivity index (χ0v) is 15.3. The molecule has 2 unspecified atom stereocenters. The molecule has 1 aromatic rings. The minimum atomic E-state index is -0.254. The Kier molecular flexibility index (Phi) is 4.28. The minimum Gasteiger partial charge on any atom is -0.392 e. The van der Waals surface area contributed by atoms with Crippen molar-refractivity contribution in [1.29, 1.82) is 0 Å². The number of likely N-dealkylation sites (tertiary alicyclic amines) is 1. The predicted octanol–water partition coefficient (Wildman–Crippen LogP) is 2.28. The summed E-state index contributed by atoms with van der Waals surface area (Å²) in [4.78, 5) is 17.4. The molecule has 2 aliphatic carbocycles. The van der Waals surface area contributed by atoms with E-state index in [0.29, 0.717) is 30.7 Å². The summed E-state index contributed by atoms with van der Waals surface area (Å²) in [6.45, 7) is 3.15. The van der Waals surface area contributed by atoms with E-state index in [2.05, 4.69) is 15.0 Å². The second kappa shape index (κ2) is 6.64. The molecule has 0 spiro atoms. The maximum absolute atomic E-state index is 13.1. The van der Waals surface area contributed by atoms with Crippen molar-refractivity contribution in [3.05, 3.63) is 17.5 Å². The third kappa shape index (κ3) is 3.18. The van der Waals surface area contributed by atoms with Gasteiger partial charge in [0.2, 0.25) is 0 Å². The lowest BCUT2D eigenvalue weighted by Crippen LogP contribution is -2.42. The summed E-state index contributed by atoms with van der Waals surface area (Å²) in [6.07, 6.45) is 7.96. The SMILES string of the molecule is O=C(c1cc(CN2CCC[C@@H](O)C2)on1)N1CC2C[C@@H]3CC1C[C@H](C2)C3. The molecule has 5 aliphatic rings. The lowest BCUT2D eigenvalue weighted by molar-refractivity contribution is 0.0616. The molecule has 6 nitrogen and oxygen atoms in total. The average molecular weight is 359 g/mol. The maximum atomic E-state index is 13.1. The van der Waals surface area contributed by atoms with Crippen molar-refractivity contribution in [3.63, 3.8) is 0 Å². The number of aliphatic hydroxyl groups excluding tert-OH is 1. The molecule has 142 valence electrons. The van der Waals surface area contributed by atoms with Crippen LogP contribution in [0.15, 0.2) is 10.6 Å². The Bertz CT molecular complexity index is 661. The number of aliphatic hydroxyl groups is 1. The third-order valence-corrected chi connectivity index (χ3v) is 7.01. The maximum Gasteiger partial charge on any atom is 0.276 e. The summed E-state index contributed by atoms with van der Waals surface area (Å²) in [5.41, 5.74) is 0.457. The first-order valence-corrected chi connectivity index (χ1v) is 10.3. The average Bonchev–Trinajstić information content (AvgIpc) is 2.97. The molecule has 1 amide bonds. The van der Waals surface area contributed by atoms with E-state index >= 15 is 0 Å². The molecule has 2 saturated carbocycles. The van der Waals surface area contributed by atoms with Gasteiger partial charge in [-0.15, -0.1) is 0 Å². The van der Waals surface area contributed by atoms with Crippen LogP contribution in [0.1, 0.15) is 61.2 Å². The Morgan fingerprint density at radius 3 is 2.69 bits per heavy atom. The standard InChI is InChI=1S/C20H29N3O3/c24-17-2-1-3-22(11-17)12-18-9-19(21-26-18)20(25)23-10-15-5-13-4-14(6-15)8-16(23)7-13/h9,13-17,24H,1-8,10-12H2/t13-,14+,15?,16?,17-/m1/s1. The van der Waals surface area contributed by atoms with Gasteiger partial charge in [0.15, 0.2) is 11.5 Å². The third-order valence-electron chi connectivity index (χ3n) is 7.01. The van der Waals surface area contributed by atoms with Crippen molar-refractivity contribution >= 4 is 5.91 Å². The quantitative estimate of drug-likeness (QED) is 0.897. The Balaban J connectivity index is 1.28. The molecular formula is C20H29N3O3. The van der Waals surface area contributed by atoms with E-state index in [-0.39, 0.29) is 12.0 Å². The molecule has 3 aliphatic heterocycles. The highest BCUT2D eigenvalue weighted by Gasteiger charge is 2.44. The van der Waals surface area contributed by atoms with Crippen LogP contribution in [0.2, 0.25) is 0 Å². The normalized spacial score (nSPS) is 37.1. The molecule has 4 bridgehead atoms. The Labute approximate surface area is 154 Å². The van der Waals surface area contributed by atoms with E-state index in [1.807, 2.05) is 6.07 Å². The van der Waals surface area contributed by atoms with Crippen LogP contribution in [-0.2, 0) is 6.54 Å². The molecule has 6 rings (SSSR count). The second-order valence-corrected chi connectivity index (χ2v) is 9.10. The van der Waals surface area contributed by atoms with Crippen molar-refractivity contribution in [2.24, 2.45) is 17.8 Å². The van der Waals surface area contributed by atoms with E-state index < -0.39 is 0 Å². The van der Waals surface area contributed by atoms with Gasteiger partial charge in [-0.1, -0.05) is 5.16 Å². The number of carbonyl (C=O) groups excluding carboxylic acids is 1. The molecule has 5 atom stereocenters. The van der Waals surface area contributed by atoms with Gasteiger partial charge in [0.1, 0.15) is 0 Å². The van der Waals surface area contributed by atoms with Crippen molar-refractivity contribution < 1.29 is 14.4 Å². The number of β-amino-alcohol motifs (C(OH)–C–C–N with tert-alkyl or cyclic N) is 1. The summed E-state index contributed by atoms with van der Waals surface area (Å²) < 4.78 is 5.47. The minimum absolute atomic E-state index is 0.0527. The first-order valence-electron chi connectivity index (χ1n) is 10.3. The molecule has 0 aromatic carbocycles. The molecular weight excluding hydrogens is 330 g/mol. The molecule has 1 N–H and O–H groups in total. The molecule has 3 saturated heterocycles. The summed E-state index contributed by atoms with van der Waals surface area (Å²) in [5.74, 6) is 3.11. The summed E-state index contributed by atoms with van der Waals surface area (Å²) in [5, 5.41) is 13.9. The van der Waals surface area contributed by atoms with Gasteiger partial charge in [0.05, 0.1) is 12.6 Å². The Morgan fingerprint density at radius 2 is 1.92 bits per heavy atom. The largest absolute Gasteiger partial charge is 0.392 e. The fourth-order valence-electron chi connectivity index (χ4n) is 6.06. The van der Waals surface area contributed by atoms with E-state index in [1.165, 1.54) is 32.1 Å². The lowest BCUT2D eigenvalue weighted by atomic mass is 9.68. The van der Waals surface area contributed by atoms with Gasteiger partial charge in [-0.2, -0.15) is 0 Å². The molecule has 5 fully saturated rings. The summed E-state index contributed by atoms with van der Waals surface area (Å²) in [6, 6.07) is 2.22. The van der Waals surface area contributed by atoms with Gasteiger partial charge in [0.25, 0.3) is 5.91 Å². The van der Waals surface area contributed by atoms with Crippen molar-refractivity contribution in [1.82, 2.24) is 15.0 Å². The first kappa shape index (κ1) is 16.8. The summed E-state index contributed by atoms with van der Waals surface area (Å²) in [7, 11) is 0. The number of aromatic nitrogens is 1. The lowest BCUT2D eigenvalue weighted by Gasteiger charge is -2.38. The number of amides is 1. The van der Waals surface area contributed by atoms with Crippen LogP contribution < -0.4 is 0 Å². The molecule has 26 heavy (non-hydrogen) atoms. The van der Waals surface area contributed by atoms with Crippen molar-refractivity contribution in [3.8, 4) is 0 Å². The van der Waals surface area contributed by atoms with Crippen LogP contribution in [0.3, 0.4) is 0 Å². The number of hydrogen-bond donors (Lipinski definition) is 1. The van der Waals surface area contributed by atoms with Gasteiger partial charge in [-0.05, 0) is 69.2 Å². The van der Waals surface area contributed by atoms with Gasteiger partial charge in [0, 0.05) is 25.2 Å². The highest BCUT2D eigenvalue weighted by molar-refractivity contribution is 5.92. The fourth-order valence-corrected chi connectivity index (χ4v) is 6.06. The number of fused-ring (bicyclic) bond motifs is 1. The van der Waals surface area contributed by atoms with Crippen LogP contribution in [0, 0.1) is 17.8 Å². The van der Waals surface area contributed by atoms with Crippen LogP contribution in [-0.4, -0.2) is 57.8 Å². The zero-order valence-electron chi connectivity index (χ0n) is 15.3. The molecule has 4 heterocycles. The van der Waals surface area contributed by atoms with Gasteiger partial charge >= 0.3 is 0 Å². The second-order valence-electron chi connectivity index (χ2n) is 9.10. The summed E-state index contributed by atoms with van der Waals surface area (Å²) >= 11 is 0. The van der Waals surface area contributed by atoms with Gasteiger partial charge in [-0.3, -0.25) is 9.69 Å². The van der Waals surface area contributed by atoms with Crippen molar-refractivity contribution in [2.45, 2.75) is 63.6 Å². The highest BCUT2D eigenvalue weighted by atomic mass is 16.5. The topological polar surface area (TPSA) is 69.8 Å². The number of carbonyl (C=O) groups is 1. The van der Waals surface area contributed by atoms with Crippen LogP contribution in [0.25, 0.3) is 0 Å². The van der Waals surface area contributed by atoms with E-state index in [4.69, 9.17) is 4.52 Å². The highest BCUT2D eigenvalue weighted by Crippen LogP contribution is 2.47. The zero-order chi connectivity index (χ0) is 17.7.